The molecule has 1 aromatic heterocycles. The Morgan fingerprint density at radius 2 is 1.76 bits per heavy atom. The van der Waals surface area contributed by atoms with Gasteiger partial charge in [0.25, 0.3) is 0 Å². The predicted molar refractivity (Wildman–Crippen MR) is 140 cm³/mol. The molecule has 0 fully saturated rings. The van der Waals surface area contributed by atoms with E-state index in [1.165, 1.54) is 12.1 Å². The minimum Gasteiger partial charge on any atom is -0.674 e. The van der Waals surface area contributed by atoms with Crippen LogP contribution in [0.15, 0.2) is 45.6 Å². The van der Waals surface area contributed by atoms with E-state index in [-0.39, 0.29) is 88.1 Å². The average molecular weight is 807 g/mol. The average Bonchev–Trinajstić information content (AvgIpc) is 2.73. The fourth-order valence-corrected chi connectivity index (χ4v) is 2.79. The van der Waals surface area contributed by atoms with E-state index in [2.05, 4.69) is 24.9 Å². The Kier molecular flexibility index (Phi) is 25.1. The maximum absolute atomic E-state index is 12.3. The molecule has 0 aliphatic carbocycles. The normalized spacial score (nSPS) is 9.06. The Morgan fingerprint density at radius 3 is 2.26 bits per heavy atom. The molecule has 34 heavy (non-hydrogen) atoms. The molecule has 0 atom stereocenters. The third-order valence-electron chi connectivity index (χ3n) is 3.76. The molecule has 3 rings (SSSR count). The molecule has 183 valence electrons. The van der Waals surface area contributed by atoms with E-state index in [1.807, 2.05) is 6.92 Å². The van der Waals surface area contributed by atoms with Gasteiger partial charge in [0.15, 0.2) is 0 Å². The summed E-state index contributed by atoms with van der Waals surface area (Å²) in [6, 6.07) is 9.74. The third kappa shape index (κ3) is 12.8. The molecule has 0 amide bonds. The first-order valence-corrected chi connectivity index (χ1v) is 10.8. The molecule has 3 aromatic rings. The van der Waals surface area contributed by atoms with Crippen molar-refractivity contribution in [3.8, 4) is 5.75 Å². The van der Waals surface area contributed by atoms with E-state index in [0.717, 1.165) is 5.75 Å². The molecular formula is C23H32ClN4O3SUY-. The van der Waals surface area contributed by atoms with Crippen molar-refractivity contribution >= 4 is 40.9 Å². The number of thiol groups is 1. The second-order valence-electron chi connectivity index (χ2n) is 6.25. The first-order valence-electron chi connectivity index (χ1n) is 9.79. The van der Waals surface area contributed by atoms with Crippen LogP contribution in [0.3, 0.4) is 0 Å². The summed E-state index contributed by atoms with van der Waals surface area (Å²) < 4.78 is 5.29. The Morgan fingerprint density at radius 1 is 1.24 bits per heavy atom. The molecule has 2 aromatic carbocycles. The van der Waals surface area contributed by atoms with Crippen molar-refractivity contribution in [2.45, 2.75) is 19.9 Å². The summed E-state index contributed by atoms with van der Waals surface area (Å²) in [6.45, 7) is 5.67. The number of phenolic OH excluding ortho intramolecular Hbond substituents is 1. The van der Waals surface area contributed by atoms with E-state index < -0.39 is 5.63 Å². The minimum absolute atomic E-state index is 0. The molecule has 0 spiro atoms. The summed E-state index contributed by atoms with van der Waals surface area (Å²) >= 11 is 9.98. The molecule has 0 saturated heterocycles. The summed E-state index contributed by atoms with van der Waals surface area (Å²) in [4.78, 5) is 12.3. The molecule has 0 bridgehead atoms. The Labute approximate surface area is 261 Å². The molecule has 0 saturated carbocycles. The summed E-state index contributed by atoms with van der Waals surface area (Å²) in [5.74, 6) is 0.947. The zero-order valence-corrected chi connectivity index (χ0v) is 28.4. The van der Waals surface area contributed by atoms with Crippen LogP contribution in [-0.2, 0) is 45.7 Å². The number of nitrogens with two attached hydrogens (primary N) is 2. The first-order chi connectivity index (χ1) is 15.2. The van der Waals surface area contributed by atoms with E-state index in [1.54, 1.807) is 38.4 Å². The molecule has 1 radical (unpaired) electrons. The fraction of sp³-hybridized carbons (Fsp3) is 0.304. The van der Waals surface area contributed by atoms with Crippen LogP contribution in [0.2, 0.25) is 5.02 Å². The summed E-state index contributed by atoms with van der Waals surface area (Å²) in [5, 5.41) is 14.0. The van der Waals surface area contributed by atoms with Crippen LogP contribution in [-0.4, -0.2) is 31.5 Å². The van der Waals surface area contributed by atoms with Gasteiger partial charge in [-0.2, -0.15) is 26.7 Å². The molecule has 0 unspecified atom stereocenters. The number of hydrogen-bond donors (Lipinski definition) is 4. The van der Waals surface area contributed by atoms with E-state index in [4.69, 9.17) is 33.2 Å². The van der Waals surface area contributed by atoms with Gasteiger partial charge in [-0.15, -0.1) is 13.1 Å². The van der Waals surface area contributed by atoms with Crippen molar-refractivity contribution in [1.82, 2.24) is 0 Å². The number of halogens is 1. The van der Waals surface area contributed by atoms with Crippen LogP contribution in [0.25, 0.3) is 22.0 Å². The topological polar surface area (TPSA) is 140 Å². The van der Waals surface area contributed by atoms with Crippen LogP contribution in [0.5, 0.6) is 5.75 Å². The van der Waals surface area contributed by atoms with Crippen molar-refractivity contribution in [2.75, 3.05) is 32.1 Å². The van der Waals surface area contributed by atoms with Gasteiger partial charge in [-0.3, -0.25) is 0 Å². The molecule has 6 N–H and O–H groups in total. The van der Waals surface area contributed by atoms with Crippen molar-refractivity contribution < 1.29 is 73.3 Å². The van der Waals surface area contributed by atoms with Crippen LogP contribution in [0.1, 0.15) is 23.6 Å². The van der Waals surface area contributed by atoms with E-state index >= 15 is 0 Å². The maximum Gasteiger partial charge on any atom is 2.00 e. The number of nitrogens with one attached hydrogen (secondary N) is 1. The molecule has 7 nitrogen and oxygen atoms in total. The van der Waals surface area contributed by atoms with Gasteiger partial charge in [0.2, 0.25) is 0 Å². The van der Waals surface area contributed by atoms with Gasteiger partial charge >= 0.3 is 36.7 Å². The number of phenols is 1. The zero-order valence-electron chi connectivity index (χ0n) is 19.8. The van der Waals surface area contributed by atoms with E-state index in [0.29, 0.717) is 39.3 Å². The Hall–Kier alpha value is -0.0742. The van der Waals surface area contributed by atoms with Crippen molar-refractivity contribution in [1.29, 1.82) is 0 Å². The molecule has 0 aliphatic rings. The molecule has 0 aliphatic heterocycles. The molecule has 1 heterocycles. The summed E-state index contributed by atoms with van der Waals surface area (Å²) in [5.41, 5.74) is 20.1. The number of hydrogen-bond acceptors (Lipinski definition) is 6. The molecular weight excluding hydrogens is 775 g/mol. The van der Waals surface area contributed by atoms with Gasteiger partial charge in [-0.25, -0.2) is 4.79 Å². The van der Waals surface area contributed by atoms with Gasteiger partial charge in [0, 0.05) is 56.1 Å². The van der Waals surface area contributed by atoms with Crippen LogP contribution in [0.4, 0.5) is 5.69 Å². The van der Waals surface area contributed by atoms with Crippen LogP contribution < -0.4 is 17.1 Å². The van der Waals surface area contributed by atoms with Gasteiger partial charge in [-0.05, 0) is 35.1 Å². The zero-order chi connectivity index (χ0) is 24.7. The van der Waals surface area contributed by atoms with Crippen molar-refractivity contribution in [3.63, 3.8) is 0 Å². The second-order valence-corrected chi connectivity index (χ2v) is 7.26. The Bertz CT molecular complexity index is 1020. The van der Waals surface area contributed by atoms with Gasteiger partial charge in [0.1, 0.15) is 11.3 Å². The monoisotopic (exact) mass is 806 g/mol. The van der Waals surface area contributed by atoms with E-state index in [9.17, 15) is 9.90 Å². The van der Waals surface area contributed by atoms with Gasteiger partial charge < -0.3 is 39.0 Å². The van der Waals surface area contributed by atoms with Crippen molar-refractivity contribution in [3.05, 3.63) is 86.5 Å². The number of nitrogens with zero attached hydrogens (tertiary/aromatic N) is 1. The van der Waals surface area contributed by atoms with Gasteiger partial charge in [-0.1, -0.05) is 30.7 Å². The third-order valence-corrected chi connectivity index (χ3v) is 4.22. The SMILES string of the molecule is CCS.C[N-]C.[CH2-]CN.[NH-]Cc1c(Cc2cccc(N)c2Cl)c(=O)oc2cc(O)ccc12.[U+2].[Y]. The summed E-state index contributed by atoms with van der Waals surface area (Å²) in [6.07, 6.45) is 0.233. The number of fused-ring (bicyclic) bond motifs is 1. The number of rotatable bonds is 3. The van der Waals surface area contributed by atoms with Crippen LogP contribution >= 0.6 is 24.2 Å². The number of aromatic hydroxyl groups is 1. The smallest absolute Gasteiger partial charge is 0.674 e. The maximum atomic E-state index is 12.3. The van der Waals surface area contributed by atoms with Crippen LogP contribution in [0, 0.1) is 38.0 Å². The largest absolute Gasteiger partial charge is 2.00 e. The number of benzene rings is 2. The van der Waals surface area contributed by atoms with Crippen molar-refractivity contribution in [2.24, 2.45) is 5.73 Å². The second kappa shape index (κ2) is 22.1. The fourth-order valence-electron chi connectivity index (χ4n) is 2.60. The minimum atomic E-state index is -0.538. The quantitative estimate of drug-likeness (QED) is 0.125. The summed E-state index contributed by atoms with van der Waals surface area (Å²) in [7, 11) is 3.50. The first kappa shape index (κ1) is 38.5. The number of anilines is 1. The standard InChI is InChI=1S/C17H14ClN2O3.2C2H6N.C2H6S.U.Y/c18-16-9(2-1-3-14(16)20)6-12-13(8-19)11-5-4-10(21)7-15(11)23-17(12)22;1-3-2;2*1-2-3;;/h1-5,7,19,21H,6,8,20H2;1-2H3;1-3H2;3H,2H2,1H3;;/q3*-1;;+2;. The predicted octanol–water partition coefficient (Wildman–Crippen LogP) is 5.21. The molecule has 11 heteroatoms. The number of nitrogen functional groups attached to an aromatic ring is 1. The van der Waals surface area contributed by atoms with Gasteiger partial charge in [0.05, 0.1) is 10.7 Å². The Balaban J connectivity index is -0.000000765.